The van der Waals surface area contributed by atoms with E-state index in [2.05, 4.69) is 15.9 Å². The van der Waals surface area contributed by atoms with Crippen LogP contribution in [0, 0.1) is 6.92 Å². The smallest absolute Gasteiger partial charge is 0.166 e. The molecular weight excluding hydrogens is 244 g/mol. The lowest BCUT2D eigenvalue weighted by atomic mass is 10.0. The van der Waals surface area contributed by atoms with E-state index in [9.17, 15) is 9.90 Å². The number of benzene rings is 1. The number of phenols is 1. The third-order valence-electron chi connectivity index (χ3n) is 1.99. The van der Waals surface area contributed by atoms with E-state index in [0.29, 0.717) is 16.5 Å². The Bertz CT molecular complexity index is 359. The SMILES string of the molecule is CCCC(=O)c1cc(C)cc(Br)c1O. The van der Waals surface area contributed by atoms with E-state index < -0.39 is 0 Å². The van der Waals surface area contributed by atoms with E-state index in [4.69, 9.17) is 0 Å². The number of phenolic OH excluding ortho intramolecular Hbond substituents is 1. The first kappa shape index (κ1) is 11.2. The topological polar surface area (TPSA) is 37.3 Å². The number of hydrogen-bond acceptors (Lipinski definition) is 2. The zero-order chi connectivity index (χ0) is 10.7. The van der Waals surface area contributed by atoms with Crippen LogP contribution in [0.25, 0.3) is 0 Å². The molecule has 76 valence electrons. The second-order valence-corrected chi connectivity index (χ2v) is 4.17. The number of aromatic hydroxyl groups is 1. The van der Waals surface area contributed by atoms with Crippen LogP contribution in [-0.4, -0.2) is 10.9 Å². The van der Waals surface area contributed by atoms with E-state index >= 15 is 0 Å². The van der Waals surface area contributed by atoms with Crippen LogP contribution in [0.4, 0.5) is 0 Å². The van der Waals surface area contributed by atoms with Crippen molar-refractivity contribution >= 4 is 21.7 Å². The summed E-state index contributed by atoms with van der Waals surface area (Å²) >= 11 is 3.21. The lowest BCUT2D eigenvalue weighted by molar-refractivity contribution is 0.0979. The normalized spacial score (nSPS) is 10.2. The number of ketones is 1. The molecule has 0 aliphatic rings. The molecule has 3 heteroatoms. The van der Waals surface area contributed by atoms with Gasteiger partial charge in [0.1, 0.15) is 5.75 Å². The van der Waals surface area contributed by atoms with Gasteiger partial charge in [-0.15, -0.1) is 0 Å². The van der Waals surface area contributed by atoms with Crippen molar-refractivity contribution in [2.24, 2.45) is 0 Å². The molecule has 1 aromatic rings. The monoisotopic (exact) mass is 256 g/mol. The van der Waals surface area contributed by atoms with Gasteiger partial charge >= 0.3 is 0 Å². The summed E-state index contributed by atoms with van der Waals surface area (Å²) in [7, 11) is 0. The Morgan fingerprint density at radius 3 is 2.71 bits per heavy atom. The maximum absolute atomic E-state index is 11.6. The molecule has 0 fully saturated rings. The molecule has 2 nitrogen and oxygen atoms in total. The Kier molecular flexibility index (Phi) is 3.69. The Hall–Kier alpha value is -0.830. The van der Waals surface area contributed by atoms with Crippen molar-refractivity contribution < 1.29 is 9.90 Å². The highest BCUT2D eigenvalue weighted by atomic mass is 79.9. The van der Waals surface area contributed by atoms with Crippen molar-refractivity contribution in [3.63, 3.8) is 0 Å². The molecular formula is C11H13BrO2. The molecule has 0 bridgehead atoms. The van der Waals surface area contributed by atoms with Crippen LogP contribution in [0.15, 0.2) is 16.6 Å². The average molecular weight is 257 g/mol. The summed E-state index contributed by atoms with van der Waals surface area (Å²) in [6.45, 7) is 3.84. The second kappa shape index (κ2) is 4.60. The van der Waals surface area contributed by atoms with E-state index in [-0.39, 0.29) is 11.5 Å². The number of carbonyl (C=O) groups is 1. The van der Waals surface area contributed by atoms with Gasteiger partial charge in [-0.05, 0) is 47.0 Å². The van der Waals surface area contributed by atoms with Crippen molar-refractivity contribution in [2.45, 2.75) is 26.7 Å². The fourth-order valence-electron chi connectivity index (χ4n) is 1.31. The van der Waals surface area contributed by atoms with Crippen molar-refractivity contribution in [1.82, 2.24) is 0 Å². The number of Topliss-reactive ketones (excluding diaryl/α,β-unsaturated/α-hetero) is 1. The molecule has 0 aromatic heterocycles. The Labute approximate surface area is 92.1 Å². The molecule has 1 aromatic carbocycles. The maximum Gasteiger partial charge on any atom is 0.166 e. The van der Waals surface area contributed by atoms with Gasteiger partial charge < -0.3 is 5.11 Å². The molecule has 0 aliphatic carbocycles. The van der Waals surface area contributed by atoms with Gasteiger partial charge in [-0.1, -0.05) is 6.92 Å². The molecule has 1 N–H and O–H groups in total. The van der Waals surface area contributed by atoms with Gasteiger partial charge in [-0.3, -0.25) is 4.79 Å². The van der Waals surface area contributed by atoms with Gasteiger partial charge in [-0.25, -0.2) is 0 Å². The standard InChI is InChI=1S/C11H13BrO2/c1-3-4-10(13)8-5-7(2)6-9(12)11(8)14/h5-6,14H,3-4H2,1-2H3. The van der Waals surface area contributed by atoms with Gasteiger partial charge in [0.05, 0.1) is 10.0 Å². The molecule has 1 rings (SSSR count). The third kappa shape index (κ3) is 2.35. The van der Waals surface area contributed by atoms with Crippen molar-refractivity contribution in [2.75, 3.05) is 0 Å². The number of halogens is 1. The van der Waals surface area contributed by atoms with Crippen LogP contribution < -0.4 is 0 Å². The van der Waals surface area contributed by atoms with E-state index in [0.717, 1.165) is 12.0 Å². The van der Waals surface area contributed by atoms with Crippen LogP contribution >= 0.6 is 15.9 Å². The predicted molar refractivity (Wildman–Crippen MR) is 59.8 cm³/mol. The Balaban J connectivity index is 3.13. The summed E-state index contributed by atoms with van der Waals surface area (Å²) in [4.78, 5) is 11.6. The van der Waals surface area contributed by atoms with E-state index in [1.54, 1.807) is 12.1 Å². The highest BCUT2D eigenvalue weighted by Gasteiger charge is 2.13. The fraction of sp³-hybridized carbons (Fsp3) is 0.364. The van der Waals surface area contributed by atoms with Gasteiger partial charge in [0, 0.05) is 6.42 Å². The van der Waals surface area contributed by atoms with Crippen LogP contribution in [0.1, 0.15) is 35.7 Å². The minimum atomic E-state index is -0.00519. The van der Waals surface area contributed by atoms with Crippen LogP contribution in [0.5, 0.6) is 5.75 Å². The summed E-state index contributed by atoms with van der Waals surface area (Å²) in [5, 5.41) is 9.65. The summed E-state index contributed by atoms with van der Waals surface area (Å²) in [5.41, 5.74) is 1.38. The highest BCUT2D eigenvalue weighted by molar-refractivity contribution is 9.10. The molecule has 0 radical (unpaired) electrons. The summed E-state index contributed by atoms with van der Waals surface area (Å²) < 4.78 is 0.581. The molecule has 14 heavy (non-hydrogen) atoms. The molecule has 0 saturated carbocycles. The van der Waals surface area contributed by atoms with E-state index in [1.807, 2.05) is 13.8 Å². The van der Waals surface area contributed by atoms with Crippen LogP contribution in [0.3, 0.4) is 0 Å². The quantitative estimate of drug-likeness (QED) is 0.842. The zero-order valence-electron chi connectivity index (χ0n) is 8.30. The summed E-state index contributed by atoms with van der Waals surface area (Å²) in [6.07, 6.45) is 1.27. The van der Waals surface area contributed by atoms with E-state index in [1.165, 1.54) is 0 Å². The fourth-order valence-corrected chi connectivity index (χ4v) is 1.88. The number of rotatable bonds is 3. The second-order valence-electron chi connectivity index (χ2n) is 3.32. The summed E-state index contributed by atoms with van der Waals surface area (Å²) in [5.74, 6) is 0.0449. The first-order valence-electron chi connectivity index (χ1n) is 4.58. The lowest BCUT2D eigenvalue weighted by Gasteiger charge is -2.06. The number of carbonyl (C=O) groups excluding carboxylic acids is 1. The molecule has 0 saturated heterocycles. The first-order valence-corrected chi connectivity index (χ1v) is 5.38. The molecule has 0 heterocycles. The zero-order valence-corrected chi connectivity index (χ0v) is 9.89. The van der Waals surface area contributed by atoms with Gasteiger partial charge in [-0.2, -0.15) is 0 Å². The first-order chi connectivity index (χ1) is 6.56. The van der Waals surface area contributed by atoms with Gasteiger partial charge in [0.25, 0.3) is 0 Å². The lowest BCUT2D eigenvalue weighted by Crippen LogP contribution is -1.99. The molecule has 0 spiro atoms. The Morgan fingerprint density at radius 1 is 1.50 bits per heavy atom. The van der Waals surface area contributed by atoms with Gasteiger partial charge in [0.2, 0.25) is 0 Å². The molecule has 0 unspecified atom stereocenters. The van der Waals surface area contributed by atoms with Crippen molar-refractivity contribution in [1.29, 1.82) is 0 Å². The summed E-state index contributed by atoms with van der Waals surface area (Å²) in [6, 6.07) is 3.51. The van der Waals surface area contributed by atoms with Crippen LogP contribution in [0.2, 0.25) is 0 Å². The molecule has 0 amide bonds. The van der Waals surface area contributed by atoms with Crippen molar-refractivity contribution in [3.8, 4) is 5.75 Å². The average Bonchev–Trinajstić information content (AvgIpc) is 2.11. The number of aryl methyl sites for hydroxylation is 1. The largest absolute Gasteiger partial charge is 0.506 e. The third-order valence-corrected chi connectivity index (χ3v) is 2.59. The minimum absolute atomic E-state index is 0.00519. The predicted octanol–water partition coefficient (Wildman–Crippen LogP) is 3.45. The molecule has 0 aliphatic heterocycles. The van der Waals surface area contributed by atoms with Gasteiger partial charge in [0.15, 0.2) is 5.78 Å². The van der Waals surface area contributed by atoms with Crippen molar-refractivity contribution in [3.05, 3.63) is 27.7 Å². The molecule has 0 atom stereocenters. The Morgan fingerprint density at radius 2 is 2.14 bits per heavy atom. The highest BCUT2D eigenvalue weighted by Crippen LogP contribution is 2.30. The van der Waals surface area contributed by atoms with Crippen LogP contribution in [-0.2, 0) is 0 Å². The number of hydrogen-bond donors (Lipinski definition) is 1. The minimum Gasteiger partial charge on any atom is -0.506 e. The maximum atomic E-state index is 11.6.